The van der Waals surface area contributed by atoms with Crippen molar-refractivity contribution in [2.45, 2.75) is 74.5 Å². The van der Waals surface area contributed by atoms with Crippen molar-refractivity contribution in [3.63, 3.8) is 0 Å². The first kappa shape index (κ1) is 14.2. The van der Waals surface area contributed by atoms with Crippen LogP contribution in [0.25, 0.3) is 0 Å². The summed E-state index contributed by atoms with van der Waals surface area (Å²) in [7, 11) is 0. The maximum Gasteiger partial charge on any atom is 0.135 e. The summed E-state index contributed by atoms with van der Waals surface area (Å²) in [6.45, 7) is 3.18. The third-order valence-corrected chi connectivity index (χ3v) is 5.31. The Balaban J connectivity index is 1.71. The average Bonchev–Trinajstić information content (AvgIpc) is 3.31. The first-order valence-electron chi connectivity index (χ1n) is 8.14. The van der Waals surface area contributed by atoms with Gasteiger partial charge in [-0.05, 0) is 32.1 Å². The Labute approximate surface area is 126 Å². The highest BCUT2D eigenvalue weighted by Crippen LogP contribution is 2.40. The summed E-state index contributed by atoms with van der Waals surface area (Å²) >= 11 is 1.98. The van der Waals surface area contributed by atoms with Crippen LogP contribution in [0.1, 0.15) is 70.0 Å². The number of anilines is 1. The average molecular weight is 291 g/mol. The van der Waals surface area contributed by atoms with Gasteiger partial charge in [0.15, 0.2) is 0 Å². The van der Waals surface area contributed by atoms with Gasteiger partial charge in [0.2, 0.25) is 0 Å². The molecule has 0 amide bonds. The fourth-order valence-electron chi connectivity index (χ4n) is 2.72. The Hall–Kier alpha value is -0.770. The highest BCUT2D eigenvalue weighted by molar-refractivity contribution is 7.99. The molecule has 0 unspecified atom stereocenters. The molecular formula is C16H25N3S. The molecule has 3 nitrogen and oxygen atoms in total. The third kappa shape index (κ3) is 3.87. The molecule has 0 spiro atoms. The van der Waals surface area contributed by atoms with Gasteiger partial charge in [0.25, 0.3) is 0 Å². The van der Waals surface area contributed by atoms with E-state index in [1.165, 1.54) is 50.0 Å². The molecule has 1 N–H and O–H groups in total. The second kappa shape index (κ2) is 6.79. The van der Waals surface area contributed by atoms with Crippen LogP contribution in [-0.2, 0) is 0 Å². The number of thioether (sulfide) groups is 1. The van der Waals surface area contributed by atoms with Crippen molar-refractivity contribution in [1.29, 1.82) is 0 Å². The molecular weight excluding hydrogens is 266 g/mol. The van der Waals surface area contributed by atoms with Crippen LogP contribution in [0.4, 0.5) is 5.82 Å². The van der Waals surface area contributed by atoms with E-state index in [-0.39, 0.29) is 0 Å². The maximum atomic E-state index is 4.81. The summed E-state index contributed by atoms with van der Waals surface area (Å²) in [5, 5.41) is 5.39. The molecule has 0 atom stereocenters. The minimum Gasteiger partial charge on any atom is -0.370 e. The number of rotatable bonds is 6. The van der Waals surface area contributed by atoms with E-state index >= 15 is 0 Å². The van der Waals surface area contributed by atoms with Crippen molar-refractivity contribution in [3.05, 3.63) is 11.9 Å². The van der Waals surface area contributed by atoms with Gasteiger partial charge in [-0.1, -0.05) is 26.2 Å². The van der Waals surface area contributed by atoms with Crippen LogP contribution in [0.3, 0.4) is 0 Å². The molecule has 1 aromatic rings. The van der Waals surface area contributed by atoms with Gasteiger partial charge in [-0.2, -0.15) is 0 Å². The van der Waals surface area contributed by atoms with Gasteiger partial charge in [0.1, 0.15) is 16.7 Å². The third-order valence-electron chi connectivity index (χ3n) is 4.06. The first-order chi connectivity index (χ1) is 9.85. The van der Waals surface area contributed by atoms with Crippen molar-refractivity contribution in [1.82, 2.24) is 9.97 Å². The maximum absolute atomic E-state index is 4.81. The standard InChI is InChI=1S/C16H25N3S/c1-2-10-17-14-11-15(19-16(18-14)12-8-9-12)20-13-6-4-3-5-7-13/h11-13H,2-10H2,1H3,(H,17,18,19). The van der Waals surface area contributed by atoms with Crippen LogP contribution < -0.4 is 5.32 Å². The first-order valence-corrected chi connectivity index (χ1v) is 9.02. The Morgan fingerprint density at radius 1 is 1.15 bits per heavy atom. The molecule has 3 rings (SSSR count). The highest BCUT2D eigenvalue weighted by Gasteiger charge is 2.28. The van der Waals surface area contributed by atoms with E-state index in [1.807, 2.05) is 11.8 Å². The molecule has 110 valence electrons. The molecule has 0 bridgehead atoms. The highest BCUT2D eigenvalue weighted by atomic mass is 32.2. The smallest absolute Gasteiger partial charge is 0.135 e. The molecule has 2 saturated carbocycles. The fourth-order valence-corrected chi connectivity index (χ4v) is 3.96. The zero-order valence-electron chi connectivity index (χ0n) is 12.4. The quantitative estimate of drug-likeness (QED) is 0.777. The molecule has 1 heterocycles. The zero-order chi connectivity index (χ0) is 13.8. The van der Waals surface area contributed by atoms with Gasteiger partial charge in [0.05, 0.1) is 0 Å². The topological polar surface area (TPSA) is 37.8 Å². The lowest BCUT2D eigenvalue weighted by Gasteiger charge is -2.20. The summed E-state index contributed by atoms with van der Waals surface area (Å²) in [6.07, 6.45) is 10.6. The molecule has 4 heteroatoms. The van der Waals surface area contributed by atoms with Gasteiger partial charge in [-0.3, -0.25) is 0 Å². The number of nitrogens with one attached hydrogen (secondary N) is 1. The molecule has 1 aromatic heterocycles. The van der Waals surface area contributed by atoms with E-state index < -0.39 is 0 Å². The zero-order valence-corrected chi connectivity index (χ0v) is 13.2. The van der Waals surface area contributed by atoms with Crippen molar-refractivity contribution >= 4 is 17.6 Å². The van der Waals surface area contributed by atoms with Crippen LogP contribution in [-0.4, -0.2) is 21.8 Å². The van der Waals surface area contributed by atoms with Gasteiger partial charge in [0, 0.05) is 23.8 Å². The fraction of sp³-hybridized carbons (Fsp3) is 0.750. The number of hydrogen-bond acceptors (Lipinski definition) is 4. The second-order valence-electron chi connectivity index (χ2n) is 6.03. The minimum atomic E-state index is 0.629. The van der Waals surface area contributed by atoms with E-state index in [9.17, 15) is 0 Å². The summed E-state index contributed by atoms with van der Waals surface area (Å²) in [6, 6.07) is 2.15. The van der Waals surface area contributed by atoms with Gasteiger partial charge >= 0.3 is 0 Å². The lowest BCUT2D eigenvalue weighted by Crippen LogP contribution is -2.10. The normalized spacial score (nSPS) is 20.1. The van der Waals surface area contributed by atoms with E-state index in [1.54, 1.807) is 0 Å². The number of hydrogen-bond donors (Lipinski definition) is 1. The monoisotopic (exact) mass is 291 g/mol. The summed E-state index contributed by atoms with van der Waals surface area (Å²) in [4.78, 5) is 9.50. The predicted molar refractivity (Wildman–Crippen MR) is 85.5 cm³/mol. The van der Waals surface area contributed by atoms with Crippen LogP contribution in [0.2, 0.25) is 0 Å². The molecule has 0 aromatic carbocycles. The predicted octanol–water partition coefficient (Wildman–Crippen LogP) is 4.60. The van der Waals surface area contributed by atoms with Gasteiger partial charge in [-0.15, -0.1) is 11.8 Å². The van der Waals surface area contributed by atoms with Crippen LogP contribution in [0.15, 0.2) is 11.1 Å². The minimum absolute atomic E-state index is 0.629. The lowest BCUT2D eigenvalue weighted by molar-refractivity contribution is 0.515. The van der Waals surface area contributed by atoms with Crippen LogP contribution in [0.5, 0.6) is 0 Å². The summed E-state index contributed by atoms with van der Waals surface area (Å²) in [5.74, 6) is 2.73. The molecule has 0 saturated heterocycles. The second-order valence-corrected chi connectivity index (χ2v) is 7.35. The van der Waals surface area contributed by atoms with Crippen molar-refractivity contribution in [3.8, 4) is 0 Å². The molecule has 2 fully saturated rings. The van der Waals surface area contributed by atoms with E-state index in [4.69, 9.17) is 9.97 Å². The Bertz CT molecular complexity index is 439. The van der Waals surface area contributed by atoms with E-state index in [2.05, 4.69) is 18.3 Å². The Kier molecular flexibility index (Phi) is 4.81. The summed E-state index contributed by atoms with van der Waals surface area (Å²) < 4.78 is 0. The number of nitrogens with zero attached hydrogens (tertiary/aromatic N) is 2. The molecule has 0 aliphatic heterocycles. The largest absolute Gasteiger partial charge is 0.370 e. The van der Waals surface area contributed by atoms with E-state index in [0.29, 0.717) is 5.92 Å². The molecule has 2 aliphatic rings. The summed E-state index contributed by atoms with van der Waals surface area (Å²) in [5.41, 5.74) is 0. The molecule has 2 aliphatic carbocycles. The van der Waals surface area contributed by atoms with E-state index in [0.717, 1.165) is 29.9 Å². The van der Waals surface area contributed by atoms with Crippen molar-refractivity contribution < 1.29 is 0 Å². The Morgan fingerprint density at radius 2 is 1.95 bits per heavy atom. The van der Waals surface area contributed by atoms with Crippen LogP contribution in [0, 0.1) is 0 Å². The molecule has 0 radical (unpaired) electrons. The van der Waals surface area contributed by atoms with Gasteiger partial charge in [-0.25, -0.2) is 9.97 Å². The van der Waals surface area contributed by atoms with Crippen molar-refractivity contribution in [2.24, 2.45) is 0 Å². The van der Waals surface area contributed by atoms with Crippen LogP contribution >= 0.6 is 11.8 Å². The lowest BCUT2D eigenvalue weighted by atomic mass is 10.0. The van der Waals surface area contributed by atoms with Gasteiger partial charge < -0.3 is 5.32 Å². The van der Waals surface area contributed by atoms with Crippen molar-refractivity contribution in [2.75, 3.05) is 11.9 Å². The SMILES string of the molecule is CCCNc1cc(SC2CCCCC2)nc(C2CC2)n1. The molecule has 20 heavy (non-hydrogen) atoms. The number of aromatic nitrogens is 2. The Morgan fingerprint density at radius 3 is 2.65 bits per heavy atom.